The van der Waals surface area contributed by atoms with E-state index >= 15 is 0 Å². The third kappa shape index (κ3) is 6.36. The Kier molecular flexibility index (Phi) is 5.89. The minimum Gasteiger partial charge on any atom is -0.229 e. The lowest BCUT2D eigenvalue weighted by atomic mass is 9.88. The highest BCUT2D eigenvalue weighted by atomic mass is 35.5. The number of sulfonamides is 1. The zero-order chi connectivity index (χ0) is 13.8. The van der Waals surface area contributed by atoms with Crippen LogP contribution in [0.1, 0.15) is 25.7 Å². The molecule has 8 heteroatoms. The molecule has 18 heavy (non-hydrogen) atoms. The van der Waals surface area contributed by atoms with Crippen molar-refractivity contribution in [2.24, 2.45) is 5.92 Å². The van der Waals surface area contributed by atoms with Crippen LogP contribution in [0.3, 0.4) is 0 Å². The fourth-order valence-electron chi connectivity index (χ4n) is 2.01. The lowest BCUT2D eigenvalue weighted by Gasteiger charge is -2.27. The average Bonchev–Trinajstić information content (AvgIpc) is 2.26. The first-order chi connectivity index (χ1) is 8.22. The molecule has 0 amide bonds. The monoisotopic (exact) mass is 317 g/mol. The molecule has 0 aromatic rings. The van der Waals surface area contributed by atoms with Gasteiger partial charge in [0.25, 0.3) is 0 Å². The number of rotatable bonds is 6. The molecular formula is C10H20ClNO4S2. The molecule has 0 spiro atoms. The minimum atomic E-state index is -3.50. The SMILES string of the molecule is CS(=O)(=O)CCS(=O)(=O)NC1CCC(CCl)CC1. The van der Waals surface area contributed by atoms with Crippen molar-refractivity contribution in [1.29, 1.82) is 0 Å². The Morgan fingerprint density at radius 3 is 2.06 bits per heavy atom. The molecule has 5 nitrogen and oxygen atoms in total. The highest BCUT2D eigenvalue weighted by molar-refractivity contribution is 7.93. The topological polar surface area (TPSA) is 80.3 Å². The average molecular weight is 318 g/mol. The Hall–Kier alpha value is 0.150. The standard InChI is InChI=1S/C10H20ClNO4S2/c1-17(13,14)6-7-18(15,16)12-10-4-2-9(8-11)3-5-10/h9-10,12H,2-8H2,1H3. The van der Waals surface area contributed by atoms with Gasteiger partial charge in [-0.15, -0.1) is 11.6 Å². The predicted molar refractivity (Wildman–Crippen MR) is 73.1 cm³/mol. The van der Waals surface area contributed by atoms with Gasteiger partial charge < -0.3 is 0 Å². The second-order valence-corrected chi connectivity index (χ2v) is 9.38. The van der Waals surface area contributed by atoms with E-state index in [2.05, 4.69) is 4.72 Å². The van der Waals surface area contributed by atoms with Crippen molar-refractivity contribution >= 4 is 31.5 Å². The van der Waals surface area contributed by atoms with Crippen molar-refractivity contribution in [3.8, 4) is 0 Å². The van der Waals surface area contributed by atoms with Gasteiger partial charge in [-0.3, -0.25) is 0 Å². The van der Waals surface area contributed by atoms with Crippen LogP contribution >= 0.6 is 11.6 Å². The van der Waals surface area contributed by atoms with Gasteiger partial charge in [0.1, 0.15) is 9.84 Å². The first-order valence-corrected chi connectivity index (χ1v) is 10.2. The maximum Gasteiger partial charge on any atom is 0.212 e. The number of alkyl halides is 1. The molecule has 1 rings (SSSR count). The highest BCUT2D eigenvalue weighted by Gasteiger charge is 2.24. The zero-order valence-electron chi connectivity index (χ0n) is 10.4. The van der Waals surface area contributed by atoms with Crippen LogP contribution in [0.2, 0.25) is 0 Å². The maximum absolute atomic E-state index is 11.7. The Morgan fingerprint density at radius 2 is 1.61 bits per heavy atom. The summed E-state index contributed by atoms with van der Waals surface area (Å²) >= 11 is 5.76. The normalized spacial score (nSPS) is 26.1. The molecule has 1 N–H and O–H groups in total. The number of halogens is 1. The van der Waals surface area contributed by atoms with Gasteiger partial charge in [-0.1, -0.05) is 0 Å². The number of hydrogen-bond donors (Lipinski definition) is 1. The molecule has 0 radical (unpaired) electrons. The fraction of sp³-hybridized carbons (Fsp3) is 1.00. The summed E-state index contributed by atoms with van der Waals surface area (Å²) in [5.74, 6) is 0.400. The molecule has 1 saturated carbocycles. The molecule has 0 bridgehead atoms. The van der Waals surface area contributed by atoms with E-state index in [1.165, 1.54) is 0 Å². The van der Waals surface area contributed by atoms with Gasteiger partial charge in [-0.05, 0) is 31.6 Å². The zero-order valence-corrected chi connectivity index (χ0v) is 12.8. The van der Waals surface area contributed by atoms with E-state index in [0.717, 1.165) is 31.9 Å². The third-order valence-corrected chi connectivity index (χ3v) is 6.21. The van der Waals surface area contributed by atoms with Crippen LogP contribution in [0.25, 0.3) is 0 Å². The quantitative estimate of drug-likeness (QED) is 0.733. The van der Waals surface area contributed by atoms with Gasteiger partial charge in [0.15, 0.2) is 0 Å². The number of sulfone groups is 1. The predicted octanol–water partition coefficient (Wildman–Crippen LogP) is 0.748. The van der Waals surface area contributed by atoms with Crippen LogP contribution in [0.15, 0.2) is 0 Å². The van der Waals surface area contributed by atoms with Crippen LogP contribution < -0.4 is 4.72 Å². The Balaban J connectivity index is 2.42. The second kappa shape index (κ2) is 6.54. The van der Waals surface area contributed by atoms with Gasteiger partial charge >= 0.3 is 0 Å². The summed E-state index contributed by atoms with van der Waals surface area (Å²) in [6.45, 7) is 0. The van der Waals surface area contributed by atoms with Gasteiger partial charge in [-0.25, -0.2) is 21.6 Å². The molecule has 1 fully saturated rings. The maximum atomic E-state index is 11.7. The summed E-state index contributed by atoms with van der Waals surface area (Å²) in [6, 6.07) is -0.0750. The number of nitrogens with one attached hydrogen (secondary N) is 1. The van der Waals surface area contributed by atoms with Crippen molar-refractivity contribution < 1.29 is 16.8 Å². The third-order valence-electron chi connectivity index (χ3n) is 3.13. The Morgan fingerprint density at radius 1 is 1.06 bits per heavy atom. The van der Waals surface area contributed by atoms with Crippen molar-refractivity contribution in [3.05, 3.63) is 0 Å². The summed E-state index contributed by atoms with van der Waals surface area (Å²) < 4.78 is 47.9. The fourth-order valence-corrected chi connectivity index (χ4v) is 5.27. The van der Waals surface area contributed by atoms with E-state index in [9.17, 15) is 16.8 Å². The van der Waals surface area contributed by atoms with Crippen molar-refractivity contribution in [2.45, 2.75) is 31.7 Å². The van der Waals surface area contributed by atoms with E-state index in [4.69, 9.17) is 11.6 Å². The molecule has 108 valence electrons. The smallest absolute Gasteiger partial charge is 0.212 e. The molecule has 0 aromatic heterocycles. The Bertz CT molecular complexity index is 452. The minimum absolute atomic E-state index is 0.0750. The van der Waals surface area contributed by atoms with Gasteiger partial charge in [0.2, 0.25) is 10.0 Å². The first kappa shape index (κ1) is 16.2. The van der Waals surface area contributed by atoms with Gasteiger partial charge in [0.05, 0.1) is 11.5 Å². The van der Waals surface area contributed by atoms with Gasteiger partial charge in [0, 0.05) is 18.2 Å². The summed E-state index contributed by atoms with van der Waals surface area (Å²) in [6.07, 6.45) is 4.42. The molecule has 0 aliphatic heterocycles. The second-order valence-electron chi connectivity index (χ2n) is 4.94. The molecule has 0 saturated heterocycles. The van der Waals surface area contributed by atoms with Crippen LogP contribution in [0, 0.1) is 5.92 Å². The van der Waals surface area contributed by atoms with E-state index in [1.807, 2.05) is 0 Å². The summed E-state index contributed by atoms with van der Waals surface area (Å²) in [4.78, 5) is 0. The molecule has 0 aromatic carbocycles. The molecule has 0 heterocycles. The lowest BCUT2D eigenvalue weighted by molar-refractivity contribution is 0.335. The van der Waals surface area contributed by atoms with Crippen molar-refractivity contribution in [3.63, 3.8) is 0 Å². The van der Waals surface area contributed by atoms with E-state index in [0.29, 0.717) is 11.8 Å². The summed E-state index contributed by atoms with van der Waals surface area (Å²) in [5.41, 5.74) is 0. The van der Waals surface area contributed by atoms with Gasteiger partial charge in [-0.2, -0.15) is 0 Å². The van der Waals surface area contributed by atoms with Crippen LogP contribution in [-0.4, -0.2) is 46.5 Å². The molecule has 0 atom stereocenters. The Labute approximate surface area is 114 Å². The van der Waals surface area contributed by atoms with E-state index in [1.54, 1.807) is 0 Å². The van der Waals surface area contributed by atoms with Crippen LogP contribution in [0.4, 0.5) is 0 Å². The van der Waals surface area contributed by atoms with Crippen LogP contribution in [-0.2, 0) is 19.9 Å². The van der Waals surface area contributed by atoms with Crippen molar-refractivity contribution in [1.82, 2.24) is 4.72 Å². The van der Waals surface area contributed by atoms with Crippen molar-refractivity contribution in [2.75, 3.05) is 23.6 Å². The van der Waals surface area contributed by atoms with E-state index in [-0.39, 0.29) is 17.5 Å². The largest absolute Gasteiger partial charge is 0.229 e. The highest BCUT2D eigenvalue weighted by Crippen LogP contribution is 2.25. The first-order valence-electron chi connectivity index (χ1n) is 5.95. The molecule has 1 aliphatic carbocycles. The van der Waals surface area contributed by atoms with Crippen LogP contribution in [0.5, 0.6) is 0 Å². The van der Waals surface area contributed by atoms with E-state index < -0.39 is 19.9 Å². The molecule has 0 unspecified atom stereocenters. The molecular weight excluding hydrogens is 298 g/mol. The molecule has 1 aliphatic rings. The lowest BCUT2D eigenvalue weighted by Crippen LogP contribution is -2.40. The summed E-state index contributed by atoms with van der Waals surface area (Å²) in [5, 5.41) is 0. The number of hydrogen-bond acceptors (Lipinski definition) is 4. The summed E-state index contributed by atoms with van der Waals surface area (Å²) in [7, 11) is -6.75.